The summed E-state index contributed by atoms with van der Waals surface area (Å²) in [6, 6.07) is 12.7. The van der Waals surface area contributed by atoms with Gasteiger partial charge in [0.25, 0.3) is 5.91 Å². The van der Waals surface area contributed by atoms with Crippen LogP contribution in [0.15, 0.2) is 42.6 Å². The third kappa shape index (κ3) is 4.05. The zero-order chi connectivity index (χ0) is 15.2. The lowest BCUT2D eigenvalue weighted by atomic mass is 10.2. The molecule has 1 amide bonds. The minimum Gasteiger partial charge on any atom is -0.355 e. The highest BCUT2D eigenvalue weighted by Crippen LogP contribution is 2.17. The van der Waals surface area contributed by atoms with Gasteiger partial charge in [0.15, 0.2) is 0 Å². The molecule has 2 aromatic rings. The number of carbonyl (C=O) groups excluding carboxylic acids is 1. The number of carbonyl (C=O) groups is 1. The molecule has 0 fully saturated rings. The number of nitrogens with one attached hydrogen (secondary N) is 2. The van der Waals surface area contributed by atoms with Crippen LogP contribution in [-0.2, 0) is 0 Å². The fraction of sp³-hybridized carbons (Fsp3) is 0.188. The number of anilines is 2. The normalized spacial score (nSPS) is 10.0. The molecule has 5 heteroatoms. The molecule has 0 aliphatic heterocycles. The van der Waals surface area contributed by atoms with Gasteiger partial charge in [0, 0.05) is 23.6 Å². The maximum absolute atomic E-state index is 11.9. The number of rotatable bonds is 4. The second-order valence-electron chi connectivity index (χ2n) is 4.88. The van der Waals surface area contributed by atoms with Crippen molar-refractivity contribution < 1.29 is 4.79 Å². The quantitative estimate of drug-likeness (QED) is 0.902. The number of hydrogen-bond acceptors (Lipinski definition) is 4. The summed E-state index contributed by atoms with van der Waals surface area (Å²) in [7, 11) is 0. The van der Waals surface area contributed by atoms with Gasteiger partial charge in [-0.25, -0.2) is 0 Å². The number of benzene rings is 1. The molecule has 1 aromatic heterocycles. The fourth-order valence-corrected chi connectivity index (χ4v) is 1.80. The Morgan fingerprint density at radius 2 is 2.00 bits per heavy atom. The third-order valence-corrected chi connectivity index (χ3v) is 2.69. The van der Waals surface area contributed by atoms with Crippen molar-refractivity contribution in [2.24, 2.45) is 0 Å². The van der Waals surface area contributed by atoms with Crippen LogP contribution in [0.4, 0.5) is 11.4 Å². The van der Waals surface area contributed by atoms with Gasteiger partial charge in [0.05, 0.1) is 11.6 Å². The predicted molar refractivity (Wildman–Crippen MR) is 81.3 cm³/mol. The average molecular weight is 280 g/mol. The number of amides is 1. The number of nitrogens with zero attached hydrogens (tertiary/aromatic N) is 2. The largest absolute Gasteiger partial charge is 0.355 e. The van der Waals surface area contributed by atoms with E-state index in [0.717, 1.165) is 11.4 Å². The molecule has 5 nitrogen and oxygen atoms in total. The number of pyridine rings is 1. The first-order valence-corrected chi connectivity index (χ1v) is 6.62. The van der Waals surface area contributed by atoms with Crippen molar-refractivity contribution in [1.82, 2.24) is 10.3 Å². The molecule has 0 saturated heterocycles. The molecule has 0 spiro atoms. The molecule has 21 heavy (non-hydrogen) atoms. The van der Waals surface area contributed by atoms with E-state index in [9.17, 15) is 4.79 Å². The summed E-state index contributed by atoms with van der Waals surface area (Å²) in [6.07, 6.45) is 1.58. The van der Waals surface area contributed by atoms with E-state index in [1.807, 2.05) is 19.9 Å². The van der Waals surface area contributed by atoms with Crippen LogP contribution in [-0.4, -0.2) is 16.9 Å². The maximum Gasteiger partial charge on any atom is 0.270 e. The summed E-state index contributed by atoms with van der Waals surface area (Å²) in [5, 5.41) is 14.8. The van der Waals surface area contributed by atoms with E-state index in [0.29, 0.717) is 11.3 Å². The first kappa shape index (κ1) is 14.5. The molecule has 2 rings (SSSR count). The van der Waals surface area contributed by atoms with Gasteiger partial charge in [-0.2, -0.15) is 5.26 Å². The van der Waals surface area contributed by atoms with E-state index in [2.05, 4.69) is 21.7 Å². The van der Waals surface area contributed by atoms with E-state index >= 15 is 0 Å². The molecular formula is C16H16N4O. The minimum absolute atomic E-state index is 0.0585. The molecule has 0 atom stereocenters. The lowest BCUT2D eigenvalue weighted by molar-refractivity contribution is 0.0938. The van der Waals surface area contributed by atoms with E-state index in [1.54, 1.807) is 36.5 Å². The second-order valence-corrected chi connectivity index (χ2v) is 4.88. The van der Waals surface area contributed by atoms with Gasteiger partial charge in [0.2, 0.25) is 0 Å². The fourth-order valence-electron chi connectivity index (χ4n) is 1.80. The first-order chi connectivity index (χ1) is 10.1. The van der Waals surface area contributed by atoms with Crippen LogP contribution in [0.3, 0.4) is 0 Å². The van der Waals surface area contributed by atoms with E-state index in [1.165, 1.54) is 0 Å². The SMILES string of the molecule is CC(C)NC(=O)c1cc(Nc2cccc(C#N)c2)ccn1. The Hall–Kier alpha value is -2.87. The average Bonchev–Trinajstić information content (AvgIpc) is 2.47. The van der Waals surface area contributed by atoms with Gasteiger partial charge in [0.1, 0.15) is 5.69 Å². The highest BCUT2D eigenvalue weighted by Gasteiger charge is 2.09. The zero-order valence-electron chi connectivity index (χ0n) is 11.9. The van der Waals surface area contributed by atoms with Crippen LogP contribution >= 0.6 is 0 Å². The van der Waals surface area contributed by atoms with Crippen LogP contribution < -0.4 is 10.6 Å². The Kier molecular flexibility index (Phi) is 4.52. The zero-order valence-corrected chi connectivity index (χ0v) is 11.9. The topological polar surface area (TPSA) is 77.8 Å². The van der Waals surface area contributed by atoms with Gasteiger partial charge in [-0.1, -0.05) is 6.07 Å². The van der Waals surface area contributed by atoms with Gasteiger partial charge >= 0.3 is 0 Å². The van der Waals surface area contributed by atoms with Crippen LogP contribution in [0, 0.1) is 11.3 Å². The van der Waals surface area contributed by atoms with E-state index in [-0.39, 0.29) is 11.9 Å². The molecule has 106 valence electrons. The van der Waals surface area contributed by atoms with Crippen LogP contribution in [0.25, 0.3) is 0 Å². The van der Waals surface area contributed by atoms with Crippen molar-refractivity contribution in [3.8, 4) is 6.07 Å². The minimum atomic E-state index is -0.209. The summed E-state index contributed by atoms with van der Waals surface area (Å²) >= 11 is 0. The standard InChI is InChI=1S/C16H16N4O/c1-11(2)19-16(21)15-9-14(6-7-18-15)20-13-5-3-4-12(8-13)10-17/h3-9,11H,1-2H3,(H,18,20)(H,19,21). The highest BCUT2D eigenvalue weighted by atomic mass is 16.1. The van der Waals surface area contributed by atoms with Crippen molar-refractivity contribution >= 4 is 17.3 Å². The first-order valence-electron chi connectivity index (χ1n) is 6.62. The maximum atomic E-state index is 11.9. The molecule has 1 aromatic carbocycles. The Labute approximate surface area is 123 Å². The molecule has 0 aliphatic rings. The summed E-state index contributed by atoms with van der Waals surface area (Å²) in [4.78, 5) is 16.0. The summed E-state index contributed by atoms with van der Waals surface area (Å²) in [6.45, 7) is 3.79. The molecule has 2 N–H and O–H groups in total. The molecule has 1 heterocycles. The van der Waals surface area contributed by atoms with Crippen LogP contribution in [0.1, 0.15) is 29.9 Å². The van der Waals surface area contributed by atoms with Crippen LogP contribution in [0.5, 0.6) is 0 Å². The molecule has 0 unspecified atom stereocenters. The molecule has 0 bridgehead atoms. The smallest absolute Gasteiger partial charge is 0.270 e. The lowest BCUT2D eigenvalue weighted by Gasteiger charge is -2.10. The van der Waals surface area contributed by atoms with Crippen molar-refractivity contribution in [3.63, 3.8) is 0 Å². The number of nitriles is 1. The van der Waals surface area contributed by atoms with Gasteiger partial charge in [-0.15, -0.1) is 0 Å². The monoisotopic (exact) mass is 280 g/mol. The van der Waals surface area contributed by atoms with Crippen molar-refractivity contribution in [2.45, 2.75) is 19.9 Å². The Morgan fingerprint density at radius 1 is 1.24 bits per heavy atom. The Bertz CT molecular complexity index is 689. The van der Waals surface area contributed by atoms with Crippen molar-refractivity contribution in [2.75, 3.05) is 5.32 Å². The third-order valence-electron chi connectivity index (χ3n) is 2.69. The molecule has 0 aliphatic carbocycles. The predicted octanol–water partition coefficient (Wildman–Crippen LogP) is 2.84. The summed E-state index contributed by atoms with van der Waals surface area (Å²) in [5.41, 5.74) is 2.46. The van der Waals surface area contributed by atoms with Gasteiger partial charge in [-0.3, -0.25) is 9.78 Å². The van der Waals surface area contributed by atoms with Gasteiger partial charge < -0.3 is 10.6 Å². The van der Waals surface area contributed by atoms with E-state index in [4.69, 9.17) is 5.26 Å². The van der Waals surface area contributed by atoms with Crippen molar-refractivity contribution in [3.05, 3.63) is 53.9 Å². The number of aromatic nitrogens is 1. The molecular weight excluding hydrogens is 264 g/mol. The van der Waals surface area contributed by atoms with E-state index < -0.39 is 0 Å². The van der Waals surface area contributed by atoms with Crippen molar-refractivity contribution in [1.29, 1.82) is 5.26 Å². The summed E-state index contributed by atoms with van der Waals surface area (Å²) < 4.78 is 0. The summed E-state index contributed by atoms with van der Waals surface area (Å²) in [5.74, 6) is -0.209. The second kappa shape index (κ2) is 6.53. The van der Waals surface area contributed by atoms with Gasteiger partial charge in [-0.05, 0) is 44.2 Å². The Morgan fingerprint density at radius 3 is 2.71 bits per heavy atom. The molecule has 0 saturated carbocycles. The van der Waals surface area contributed by atoms with Crippen LogP contribution in [0.2, 0.25) is 0 Å². The molecule has 0 radical (unpaired) electrons. The Balaban J connectivity index is 2.18. The number of hydrogen-bond donors (Lipinski definition) is 2. The highest BCUT2D eigenvalue weighted by molar-refractivity contribution is 5.93. The lowest BCUT2D eigenvalue weighted by Crippen LogP contribution is -2.30.